The van der Waals surface area contributed by atoms with Crippen molar-refractivity contribution in [1.29, 1.82) is 0 Å². The average Bonchev–Trinajstić information content (AvgIpc) is 3.13. The highest BCUT2D eigenvalue weighted by atomic mass is 79.9. The molecule has 1 aromatic carbocycles. The van der Waals surface area contributed by atoms with Gasteiger partial charge in [0.15, 0.2) is 0 Å². The number of carbonyl (C=O) groups excluding carboxylic acids is 2. The molecule has 3 nitrogen and oxygen atoms in total. The van der Waals surface area contributed by atoms with E-state index >= 15 is 0 Å². The number of rotatable bonds is 5. The molecule has 1 aliphatic rings. The maximum Gasteiger partial charge on any atom is 0.313 e. The summed E-state index contributed by atoms with van der Waals surface area (Å²) in [6, 6.07) is 4.87. The summed E-state index contributed by atoms with van der Waals surface area (Å²) in [6.07, 6.45) is 0.493. The van der Waals surface area contributed by atoms with Crippen LogP contribution in [0.4, 0.5) is 4.39 Å². The van der Waals surface area contributed by atoms with E-state index in [0.29, 0.717) is 10.9 Å². The quantitative estimate of drug-likeness (QED) is 0.615. The van der Waals surface area contributed by atoms with E-state index in [1.54, 1.807) is 19.1 Å². The highest BCUT2D eigenvalue weighted by Crippen LogP contribution is 2.48. The topological polar surface area (TPSA) is 43.4 Å². The molecule has 1 fully saturated rings. The second-order valence-corrected chi connectivity index (χ2v) is 5.42. The third kappa shape index (κ3) is 3.41. The number of Topliss-reactive ketones (excluding diaryl/α,β-unsaturated/α-hetero) is 1. The molecule has 0 aliphatic heterocycles. The summed E-state index contributed by atoms with van der Waals surface area (Å²) in [4.78, 5) is 23.0. The molecule has 1 saturated carbocycles. The predicted octanol–water partition coefficient (Wildman–Crippen LogP) is 3.21. The Morgan fingerprint density at radius 3 is 2.84 bits per heavy atom. The van der Waals surface area contributed by atoms with Crippen LogP contribution in [-0.4, -0.2) is 18.4 Å². The summed E-state index contributed by atoms with van der Waals surface area (Å²) in [5, 5.41) is 0. The molecule has 102 valence electrons. The van der Waals surface area contributed by atoms with E-state index in [2.05, 4.69) is 15.9 Å². The van der Waals surface area contributed by atoms with Crippen molar-refractivity contribution in [3.05, 3.63) is 34.1 Å². The number of ketones is 1. The van der Waals surface area contributed by atoms with Gasteiger partial charge in [0.05, 0.1) is 11.1 Å². The molecular formula is C14H14BrFO3. The molecule has 0 bridgehead atoms. The van der Waals surface area contributed by atoms with Crippen molar-refractivity contribution >= 4 is 27.7 Å². The highest BCUT2D eigenvalue weighted by molar-refractivity contribution is 9.10. The van der Waals surface area contributed by atoms with Gasteiger partial charge in [-0.15, -0.1) is 0 Å². The highest BCUT2D eigenvalue weighted by Gasteiger charge is 2.44. The molecule has 0 heterocycles. The van der Waals surface area contributed by atoms with Crippen molar-refractivity contribution in [2.45, 2.75) is 25.7 Å². The van der Waals surface area contributed by atoms with E-state index in [0.717, 1.165) is 5.56 Å². The van der Waals surface area contributed by atoms with E-state index < -0.39 is 5.97 Å². The summed E-state index contributed by atoms with van der Waals surface area (Å²) in [5.41, 5.74) is 0.808. The largest absolute Gasteiger partial charge is 0.466 e. The number of esters is 1. The zero-order valence-corrected chi connectivity index (χ0v) is 12.1. The molecule has 0 saturated heterocycles. The maximum absolute atomic E-state index is 13.4. The Morgan fingerprint density at radius 1 is 1.47 bits per heavy atom. The lowest BCUT2D eigenvalue weighted by Gasteiger charge is -2.03. The SMILES string of the molecule is CCOC(=O)CC(=O)[C@@H]1C[C@H]1c1ccc(Br)c(F)c1. The van der Waals surface area contributed by atoms with E-state index in [1.807, 2.05) is 0 Å². The van der Waals surface area contributed by atoms with E-state index in [1.165, 1.54) is 6.07 Å². The Labute approximate surface area is 119 Å². The van der Waals surface area contributed by atoms with Crippen LogP contribution in [0.2, 0.25) is 0 Å². The van der Waals surface area contributed by atoms with Crippen molar-refractivity contribution in [3.63, 3.8) is 0 Å². The molecule has 1 aliphatic carbocycles. The van der Waals surface area contributed by atoms with E-state index in [-0.39, 0.29) is 36.5 Å². The van der Waals surface area contributed by atoms with Gasteiger partial charge >= 0.3 is 5.97 Å². The molecular weight excluding hydrogens is 315 g/mol. The third-order valence-corrected chi connectivity index (χ3v) is 3.84. The number of benzene rings is 1. The molecule has 0 amide bonds. The van der Waals surface area contributed by atoms with Gasteiger partial charge in [-0.2, -0.15) is 0 Å². The lowest BCUT2D eigenvalue weighted by atomic mass is 10.1. The summed E-state index contributed by atoms with van der Waals surface area (Å²) >= 11 is 3.09. The second-order valence-electron chi connectivity index (χ2n) is 4.57. The van der Waals surface area contributed by atoms with Crippen LogP contribution in [0.25, 0.3) is 0 Å². The van der Waals surface area contributed by atoms with Gasteiger partial charge in [0, 0.05) is 5.92 Å². The third-order valence-electron chi connectivity index (χ3n) is 3.20. The van der Waals surface area contributed by atoms with E-state index in [4.69, 9.17) is 4.74 Å². The minimum absolute atomic E-state index is 0.0320. The lowest BCUT2D eigenvalue weighted by molar-refractivity contribution is -0.145. The normalized spacial score (nSPS) is 21.0. The zero-order valence-electron chi connectivity index (χ0n) is 10.5. The van der Waals surface area contributed by atoms with Crippen LogP contribution in [0.15, 0.2) is 22.7 Å². The Hall–Kier alpha value is -1.23. The van der Waals surface area contributed by atoms with Gasteiger partial charge in [-0.25, -0.2) is 4.39 Å². The van der Waals surface area contributed by atoms with Crippen molar-refractivity contribution in [2.24, 2.45) is 5.92 Å². The number of hydrogen-bond donors (Lipinski definition) is 0. The number of hydrogen-bond acceptors (Lipinski definition) is 3. The van der Waals surface area contributed by atoms with Crippen molar-refractivity contribution in [2.75, 3.05) is 6.61 Å². The van der Waals surface area contributed by atoms with Crippen LogP contribution in [-0.2, 0) is 14.3 Å². The van der Waals surface area contributed by atoms with Crippen LogP contribution < -0.4 is 0 Å². The van der Waals surface area contributed by atoms with Crippen LogP contribution in [0.5, 0.6) is 0 Å². The molecule has 2 rings (SSSR count). The minimum Gasteiger partial charge on any atom is -0.466 e. The van der Waals surface area contributed by atoms with Crippen molar-refractivity contribution in [1.82, 2.24) is 0 Å². The Balaban J connectivity index is 1.94. The van der Waals surface area contributed by atoms with Crippen LogP contribution >= 0.6 is 15.9 Å². The van der Waals surface area contributed by atoms with E-state index in [9.17, 15) is 14.0 Å². The fourth-order valence-corrected chi connectivity index (χ4v) is 2.39. The molecule has 0 aromatic heterocycles. The monoisotopic (exact) mass is 328 g/mol. The average molecular weight is 329 g/mol. The molecule has 0 spiro atoms. The molecule has 0 unspecified atom stereocenters. The fourth-order valence-electron chi connectivity index (χ4n) is 2.15. The number of ether oxygens (including phenoxy) is 1. The second kappa shape index (κ2) is 5.82. The van der Waals surface area contributed by atoms with Crippen LogP contribution in [0, 0.1) is 11.7 Å². The molecule has 1 aromatic rings. The molecule has 0 radical (unpaired) electrons. The van der Waals surface area contributed by atoms with Gasteiger partial charge in [-0.3, -0.25) is 9.59 Å². The van der Waals surface area contributed by atoms with Crippen molar-refractivity contribution < 1.29 is 18.7 Å². The first-order chi connectivity index (χ1) is 9.02. The number of halogens is 2. The smallest absolute Gasteiger partial charge is 0.313 e. The summed E-state index contributed by atoms with van der Waals surface area (Å²) in [5.74, 6) is -1.08. The van der Waals surface area contributed by atoms with Gasteiger partial charge in [-0.05, 0) is 52.9 Å². The molecule has 5 heteroatoms. The lowest BCUT2D eigenvalue weighted by Crippen LogP contribution is -2.13. The standard InChI is InChI=1S/C14H14BrFO3/c1-2-19-14(18)7-13(17)10-6-9(10)8-3-4-11(15)12(16)5-8/h3-5,9-10H,2,6-7H2,1H3/t9-,10+/m0/s1. The Kier molecular flexibility index (Phi) is 4.34. The van der Waals surface area contributed by atoms with Gasteiger partial charge < -0.3 is 4.74 Å². The predicted molar refractivity (Wildman–Crippen MR) is 71.2 cm³/mol. The van der Waals surface area contributed by atoms with Gasteiger partial charge in [0.1, 0.15) is 18.0 Å². The Bertz CT molecular complexity index is 515. The van der Waals surface area contributed by atoms with Gasteiger partial charge in [-0.1, -0.05) is 6.07 Å². The molecule has 19 heavy (non-hydrogen) atoms. The Morgan fingerprint density at radius 2 is 2.21 bits per heavy atom. The first-order valence-corrected chi connectivity index (χ1v) is 6.95. The summed E-state index contributed by atoms with van der Waals surface area (Å²) in [7, 11) is 0. The van der Waals surface area contributed by atoms with Crippen molar-refractivity contribution in [3.8, 4) is 0 Å². The van der Waals surface area contributed by atoms with Gasteiger partial charge in [0.2, 0.25) is 0 Å². The maximum atomic E-state index is 13.4. The summed E-state index contributed by atoms with van der Waals surface area (Å²) < 4.78 is 18.5. The minimum atomic E-state index is -0.486. The molecule has 2 atom stereocenters. The van der Waals surface area contributed by atoms with Gasteiger partial charge in [0.25, 0.3) is 0 Å². The zero-order chi connectivity index (χ0) is 14.0. The first kappa shape index (κ1) is 14.2. The first-order valence-electron chi connectivity index (χ1n) is 6.16. The number of carbonyl (C=O) groups is 2. The fraction of sp³-hybridized carbons (Fsp3) is 0.429. The summed E-state index contributed by atoms with van der Waals surface area (Å²) in [6.45, 7) is 1.98. The molecule has 0 N–H and O–H groups in total. The van der Waals surface area contributed by atoms with Crippen LogP contribution in [0.1, 0.15) is 31.2 Å². The van der Waals surface area contributed by atoms with Crippen LogP contribution in [0.3, 0.4) is 0 Å².